The minimum Gasteiger partial charge on any atom is -0.497 e. The SMILES string of the molecule is COc1ccc([C@@H](C)NCC(=O)NC(C)(C)C)cc1. The molecule has 4 nitrogen and oxygen atoms in total. The minimum atomic E-state index is -0.192. The van der Waals surface area contributed by atoms with Gasteiger partial charge in [-0.05, 0) is 45.4 Å². The summed E-state index contributed by atoms with van der Waals surface area (Å²) in [5.41, 5.74) is 0.937. The van der Waals surface area contributed by atoms with Crippen LogP contribution in [0.15, 0.2) is 24.3 Å². The molecule has 0 fully saturated rings. The summed E-state index contributed by atoms with van der Waals surface area (Å²) in [4.78, 5) is 11.7. The fourth-order valence-electron chi connectivity index (χ4n) is 1.72. The van der Waals surface area contributed by atoms with E-state index in [9.17, 15) is 4.79 Å². The molecule has 0 aliphatic rings. The number of nitrogens with one attached hydrogen (secondary N) is 2. The zero-order valence-electron chi connectivity index (χ0n) is 12.4. The van der Waals surface area contributed by atoms with Gasteiger partial charge < -0.3 is 15.4 Å². The van der Waals surface area contributed by atoms with Gasteiger partial charge in [-0.15, -0.1) is 0 Å². The number of hydrogen-bond donors (Lipinski definition) is 2. The fourth-order valence-corrected chi connectivity index (χ4v) is 1.72. The molecule has 1 aromatic carbocycles. The molecule has 19 heavy (non-hydrogen) atoms. The molecule has 106 valence electrons. The molecule has 4 heteroatoms. The van der Waals surface area contributed by atoms with Gasteiger partial charge in [-0.1, -0.05) is 12.1 Å². The normalized spacial score (nSPS) is 12.9. The number of ether oxygens (including phenoxy) is 1. The van der Waals surface area contributed by atoms with E-state index in [0.29, 0.717) is 6.54 Å². The first-order chi connectivity index (χ1) is 8.81. The number of methoxy groups -OCH3 is 1. The molecular weight excluding hydrogens is 240 g/mol. The highest BCUT2D eigenvalue weighted by molar-refractivity contribution is 5.78. The zero-order chi connectivity index (χ0) is 14.5. The van der Waals surface area contributed by atoms with Crippen LogP contribution >= 0.6 is 0 Å². The van der Waals surface area contributed by atoms with E-state index in [1.165, 1.54) is 0 Å². The van der Waals surface area contributed by atoms with E-state index in [1.807, 2.05) is 52.0 Å². The average Bonchev–Trinajstić information content (AvgIpc) is 2.34. The Kier molecular flexibility index (Phi) is 5.36. The number of carbonyl (C=O) groups excluding carboxylic acids is 1. The van der Waals surface area contributed by atoms with Crippen molar-refractivity contribution in [3.63, 3.8) is 0 Å². The summed E-state index contributed by atoms with van der Waals surface area (Å²) in [7, 11) is 1.65. The van der Waals surface area contributed by atoms with Gasteiger partial charge in [0.1, 0.15) is 5.75 Å². The van der Waals surface area contributed by atoms with Crippen LogP contribution in [0.5, 0.6) is 5.75 Å². The molecule has 0 aliphatic heterocycles. The van der Waals surface area contributed by atoms with E-state index < -0.39 is 0 Å². The molecule has 1 atom stereocenters. The number of hydrogen-bond acceptors (Lipinski definition) is 3. The smallest absolute Gasteiger partial charge is 0.234 e. The Balaban J connectivity index is 2.46. The molecule has 0 saturated carbocycles. The number of rotatable bonds is 5. The molecule has 1 rings (SSSR count). The summed E-state index contributed by atoms with van der Waals surface area (Å²) < 4.78 is 5.12. The van der Waals surface area contributed by atoms with Crippen molar-refractivity contribution in [3.05, 3.63) is 29.8 Å². The lowest BCUT2D eigenvalue weighted by Crippen LogP contribution is -2.45. The van der Waals surface area contributed by atoms with Crippen molar-refractivity contribution in [2.75, 3.05) is 13.7 Å². The van der Waals surface area contributed by atoms with Crippen molar-refractivity contribution in [2.45, 2.75) is 39.3 Å². The third-order valence-electron chi connectivity index (χ3n) is 2.70. The Bertz CT molecular complexity index is 407. The molecule has 1 aromatic rings. The lowest BCUT2D eigenvalue weighted by molar-refractivity contribution is -0.121. The van der Waals surface area contributed by atoms with Crippen LogP contribution in [0.2, 0.25) is 0 Å². The van der Waals surface area contributed by atoms with Gasteiger partial charge in [0.15, 0.2) is 0 Å². The molecular formula is C15H24N2O2. The quantitative estimate of drug-likeness (QED) is 0.857. The van der Waals surface area contributed by atoms with Gasteiger partial charge >= 0.3 is 0 Å². The lowest BCUT2D eigenvalue weighted by atomic mass is 10.1. The second-order valence-electron chi connectivity index (χ2n) is 5.67. The highest BCUT2D eigenvalue weighted by Crippen LogP contribution is 2.16. The van der Waals surface area contributed by atoms with Gasteiger partial charge in [-0.2, -0.15) is 0 Å². The van der Waals surface area contributed by atoms with E-state index in [-0.39, 0.29) is 17.5 Å². The van der Waals surface area contributed by atoms with Gasteiger partial charge in [-0.25, -0.2) is 0 Å². The third-order valence-corrected chi connectivity index (χ3v) is 2.70. The van der Waals surface area contributed by atoms with Gasteiger partial charge in [0.2, 0.25) is 5.91 Å². The number of carbonyl (C=O) groups is 1. The van der Waals surface area contributed by atoms with E-state index in [1.54, 1.807) is 7.11 Å². The van der Waals surface area contributed by atoms with Crippen molar-refractivity contribution in [2.24, 2.45) is 0 Å². The van der Waals surface area contributed by atoms with E-state index in [4.69, 9.17) is 4.74 Å². The van der Waals surface area contributed by atoms with Crippen LogP contribution in [0.4, 0.5) is 0 Å². The van der Waals surface area contributed by atoms with Gasteiger partial charge in [-0.3, -0.25) is 4.79 Å². The minimum absolute atomic E-state index is 0.00728. The van der Waals surface area contributed by atoms with Crippen LogP contribution in [-0.4, -0.2) is 25.1 Å². The summed E-state index contributed by atoms with van der Waals surface area (Å²) in [6.07, 6.45) is 0. The lowest BCUT2D eigenvalue weighted by Gasteiger charge is -2.21. The van der Waals surface area contributed by atoms with Crippen molar-refractivity contribution in [1.29, 1.82) is 0 Å². The summed E-state index contributed by atoms with van der Waals surface area (Å²) in [6, 6.07) is 7.96. The predicted molar refractivity (Wildman–Crippen MR) is 77.3 cm³/mol. The second-order valence-corrected chi connectivity index (χ2v) is 5.67. The third kappa shape index (κ3) is 5.75. The molecule has 0 unspecified atom stereocenters. The molecule has 2 N–H and O–H groups in total. The van der Waals surface area contributed by atoms with Gasteiger partial charge in [0, 0.05) is 11.6 Å². The zero-order valence-corrected chi connectivity index (χ0v) is 12.4. The summed E-state index contributed by atoms with van der Waals surface area (Å²) in [6.45, 7) is 8.25. The van der Waals surface area contributed by atoms with Gasteiger partial charge in [0.25, 0.3) is 0 Å². The number of benzene rings is 1. The van der Waals surface area contributed by atoms with Crippen LogP contribution in [0.25, 0.3) is 0 Å². The topological polar surface area (TPSA) is 50.4 Å². The molecule has 0 saturated heterocycles. The first-order valence-electron chi connectivity index (χ1n) is 6.50. The molecule has 1 amide bonds. The highest BCUT2D eigenvalue weighted by atomic mass is 16.5. The standard InChI is InChI=1S/C15H24N2O2/c1-11(12-6-8-13(19-5)9-7-12)16-10-14(18)17-15(2,3)4/h6-9,11,16H,10H2,1-5H3,(H,17,18)/t11-/m1/s1. The first kappa shape index (κ1) is 15.5. The molecule has 0 spiro atoms. The van der Waals surface area contributed by atoms with E-state index in [0.717, 1.165) is 11.3 Å². The average molecular weight is 264 g/mol. The molecule has 0 radical (unpaired) electrons. The Hall–Kier alpha value is -1.55. The number of amides is 1. The largest absolute Gasteiger partial charge is 0.497 e. The van der Waals surface area contributed by atoms with E-state index in [2.05, 4.69) is 10.6 Å². The Morgan fingerprint density at radius 1 is 1.26 bits per heavy atom. The van der Waals surface area contributed by atoms with Crippen LogP contribution in [0.1, 0.15) is 39.3 Å². The van der Waals surface area contributed by atoms with E-state index >= 15 is 0 Å². The Labute approximate surface area is 115 Å². The maximum Gasteiger partial charge on any atom is 0.234 e. The van der Waals surface area contributed by atoms with Crippen molar-refractivity contribution < 1.29 is 9.53 Å². The summed E-state index contributed by atoms with van der Waals surface area (Å²) in [5.74, 6) is 0.842. The predicted octanol–water partition coefficient (Wildman–Crippen LogP) is 2.26. The second kappa shape index (κ2) is 6.57. The molecule has 0 bridgehead atoms. The Morgan fingerprint density at radius 3 is 2.32 bits per heavy atom. The highest BCUT2D eigenvalue weighted by Gasteiger charge is 2.14. The fraction of sp³-hybridized carbons (Fsp3) is 0.533. The summed E-state index contributed by atoms with van der Waals surface area (Å²) in [5, 5.41) is 6.13. The summed E-state index contributed by atoms with van der Waals surface area (Å²) >= 11 is 0. The van der Waals surface area contributed by atoms with Crippen molar-refractivity contribution in [3.8, 4) is 5.75 Å². The monoisotopic (exact) mass is 264 g/mol. The maximum atomic E-state index is 11.7. The van der Waals surface area contributed by atoms with Crippen LogP contribution in [0.3, 0.4) is 0 Å². The van der Waals surface area contributed by atoms with Crippen LogP contribution in [-0.2, 0) is 4.79 Å². The van der Waals surface area contributed by atoms with Crippen LogP contribution in [0, 0.1) is 0 Å². The van der Waals surface area contributed by atoms with Crippen molar-refractivity contribution >= 4 is 5.91 Å². The molecule has 0 heterocycles. The van der Waals surface area contributed by atoms with Gasteiger partial charge in [0.05, 0.1) is 13.7 Å². The molecule has 0 aromatic heterocycles. The maximum absolute atomic E-state index is 11.7. The Morgan fingerprint density at radius 2 is 1.84 bits per heavy atom. The van der Waals surface area contributed by atoms with Crippen molar-refractivity contribution in [1.82, 2.24) is 10.6 Å². The molecule has 0 aliphatic carbocycles. The van der Waals surface area contributed by atoms with Crippen LogP contribution < -0.4 is 15.4 Å². The first-order valence-corrected chi connectivity index (χ1v) is 6.50.